The van der Waals surface area contributed by atoms with Crippen molar-refractivity contribution in [1.29, 1.82) is 0 Å². The van der Waals surface area contributed by atoms with Gasteiger partial charge in [0, 0.05) is 6.20 Å². The molecule has 0 spiro atoms. The van der Waals surface area contributed by atoms with E-state index >= 15 is 0 Å². The maximum atomic E-state index is 12.0. The zero-order chi connectivity index (χ0) is 16.4. The highest BCUT2D eigenvalue weighted by Crippen LogP contribution is 2.31. The van der Waals surface area contributed by atoms with Crippen LogP contribution in [0.3, 0.4) is 0 Å². The molecule has 4 aromatic rings. The van der Waals surface area contributed by atoms with Gasteiger partial charge in [-0.15, -0.1) is 11.3 Å². The lowest BCUT2D eigenvalue weighted by molar-refractivity contribution is 0.0943. The Morgan fingerprint density at radius 2 is 1.96 bits per heavy atom. The largest absolute Gasteiger partial charge is 0.457 e. The van der Waals surface area contributed by atoms with Crippen molar-refractivity contribution in [3.05, 3.63) is 72.2 Å². The predicted octanol–water partition coefficient (Wildman–Crippen LogP) is 3.88. The number of hydrogen-bond acceptors (Lipinski definition) is 5. The molecule has 4 rings (SSSR count). The number of thiazole rings is 1. The summed E-state index contributed by atoms with van der Waals surface area (Å²) in [6.45, 7) is 0.306. The third-order valence-electron chi connectivity index (χ3n) is 3.49. The summed E-state index contributed by atoms with van der Waals surface area (Å²) >= 11 is 1.58. The van der Waals surface area contributed by atoms with Crippen LogP contribution < -0.4 is 5.32 Å². The standard InChI is InChI=1S/C18H13N3O2S/c22-17(14-6-3-4-10-19-14)20-11-12-8-9-15(23-12)18-21-13-5-1-2-7-16(13)24-18/h1-10H,11H2,(H,20,22). The molecule has 0 aliphatic carbocycles. The molecule has 0 saturated carbocycles. The SMILES string of the molecule is O=C(NCc1ccc(-c2nc3ccccc3s2)o1)c1ccccn1. The van der Waals surface area contributed by atoms with Gasteiger partial charge in [0.1, 0.15) is 11.5 Å². The zero-order valence-corrected chi connectivity index (χ0v) is 13.4. The maximum Gasteiger partial charge on any atom is 0.270 e. The summed E-state index contributed by atoms with van der Waals surface area (Å²) in [5.74, 6) is 1.15. The molecule has 0 bridgehead atoms. The van der Waals surface area contributed by atoms with Crippen molar-refractivity contribution in [1.82, 2.24) is 15.3 Å². The van der Waals surface area contributed by atoms with Gasteiger partial charge in [-0.1, -0.05) is 18.2 Å². The van der Waals surface area contributed by atoms with E-state index in [9.17, 15) is 4.79 Å². The fourth-order valence-electron chi connectivity index (χ4n) is 2.32. The number of amides is 1. The third-order valence-corrected chi connectivity index (χ3v) is 4.54. The van der Waals surface area contributed by atoms with Crippen LogP contribution in [0.4, 0.5) is 0 Å². The van der Waals surface area contributed by atoms with Crippen molar-refractivity contribution in [2.75, 3.05) is 0 Å². The molecule has 1 aromatic carbocycles. The first-order valence-corrected chi connectivity index (χ1v) is 8.25. The van der Waals surface area contributed by atoms with Gasteiger partial charge < -0.3 is 9.73 Å². The summed E-state index contributed by atoms with van der Waals surface area (Å²) in [6.07, 6.45) is 1.59. The minimum atomic E-state index is -0.228. The average molecular weight is 335 g/mol. The van der Waals surface area contributed by atoms with E-state index in [4.69, 9.17) is 4.42 Å². The van der Waals surface area contributed by atoms with Gasteiger partial charge >= 0.3 is 0 Å². The van der Waals surface area contributed by atoms with Crippen molar-refractivity contribution in [2.24, 2.45) is 0 Å². The average Bonchev–Trinajstić information content (AvgIpc) is 3.27. The van der Waals surface area contributed by atoms with E-state index in [2.05, 4.69) is 15.3 Å². The summed E-state index contributed by atoms with van der Waals surface area (Å²) in [6, 6.07) is 16.9. The van der Waals surface area contributed by atoms with Crippen molar-refractivity contribution >= 4 is 27.5 Å². The van der Waals surface area contributed by atoms with Crippen LogP contribution in [-0.4, -0.2) is 15.9 Å². The summed E-state index contributed by atoms with van der Waals surface area (Å²) in [5, 5.41) is 3.63. The van der Waals surface area contributed by atoms with Crippen molar-refractivity contribution < 1.29 is 9.21 Å². The number of para-hydroxylation sites is 1. The fourth-order valence-corrected chi connectivity index (χ4v) is 3.25. The number of hydrogen-bond donors (Lipinski definition) is 1. The van der Waals surface area contributed by atoms with E-state index in [-0.39, 0.29) is 5.91 Å². The van der Waals surface area contributed by atoms with Crippen LogP contribution in [0.1, 0.15) is 16.2 Å². The van der Waals surface area contributed by atoms with Gasteiger partial charge in [-0.25, -0.2) is 4.98 Å². The lowest BCUT2D eigenvalue weighted by Gasteiger charge is -2.01. The molecule has 5 nitrogen and oxygen atoms in total. The van der Waals surface area contributed by atoms with Crippen molar-refractivity contribution in [3.8, 4) is 10.8 Å². The van der Waals surface area contributed by atoms with E-state index < -0.39 is 0 Å². The van der Waals surface area contributed by atoms with Gasteiger partial charge in [0.25, 0.3) is 5.91 Å². The lowest BCUT2D eigenvalue weighted by Crippen LogP contribution is -2.23. The predicted molar refractivity (Wildman–Crippen MR) is 92.7 cm³/mol. The molecule has 0 aliphatic rings. The fraction of sp³-hybridized carbons (Fsp3) is 0.0556. The van der Waals surface area contributed by atoms with Crippen LogP contribution in [0, 0.1) is 0 Å². The number of rotatable bonds is 4. The Morgan fingerprint density at radius 3 is 2.79 bits per heavy atom. The van der Waals surface area contributed by atoms with Gasteiger partial charge in [-0.2, -0.15) is 0 Å². The highest BCUT2D eigenvalue weighted by atomic mass is 32.1. The summed E-state index contributed by atoms with van der Waals surface area (Å²) < 4.78 is 6.92. The highest BCUT2D eigenvalue weighted by molar-refractivity contribution is 7.21. The molecule has 1 amide bonds. The minimum absolute atomic E-state index is 0.228. The normalized spacial score (nSPS) is 10.8. The molecule has 3 heterocycles. The van der Waals surface area contributed by atoms with E-state index in [1.807, 2.05) is 36.4 Å². The lowest BCUT2D eigenvalue weighted by atomic mass is 10.3. The molecule has 118 valence electrons. The number of carbonyl (C=O) groups is 1. The number of aromatic nitrogens is 2. The molecule has 6 heteroatoms. The molecule has 0 atom stereocenters. The molecular weight excluding hydrogens is 322 g/mol. The first-order valence-electron chi connectivity index (χ1n) is 7.43. The van der Waals surface area contributed by atoms with E-state index in [0.717, 1.165) is 15.2 Å². The Labute approximate surface area is 142 Å². The third kappa shape index (κ3) is 2.91. The van der Waals surface area contributed by atoms with Crippen LogP contribution >= 0.6 is 11.3 Å². The topological polar surface area (TPSA) is 68.0 Å². The maximum absolute atomic E-state index is 12.0. The number of nitrogens with one attached hydrogen (secondary N) is 1. The van der Waals surface area contributed by atoms with Crippen LogP contribution in [0.25, 0.3) is 21.0 Å². The minimum Gasteiger partial charge on any atom is -0.457 e. The van der Waals surface area contributed by atoms with Crippen molar-refractivity contribution in [3.63, 3.8) is 0 Å². The molecule has 0 unspecified atom stereocenters. The Morgan fingerprint density at radius 1 is 1.08 bits per heavy atom. The van der Waals surface area contributed by atoms with Crippen LogP contribution in [-0.2, 0) is 6.54 Å². The van der Waals surface area contributed by atoms with E-state index in [1.165, 1.54) is 0 Å². The first-order chi connectivity index (χ1) is 11.8. The number of benzene rings is 1. The van der Waals surface area contributed by atoms with Gasteiger partial charge in [0.15, 0.2) is 10.8 Å². The summed E-state index contributed by atoms with van der Waals surface area (Å²) in [5.41, 5.74) is 1.34. The molecule has 0 fully saturated rings. The summed E-state index contributed by atoms with van der Waals surface area (Å²) in [4.78, 5) is 20.6. The highest BCUT2D eigenvalue weighted by Gasteiger charge is 2.12. The second kappa shape index (κ2) is 6.25. The van der Waals surface area contributed by atoms with Crippen LogP contribution in [0.5, 0.6) is 0 Å². The molecule has 1 N–H and O–H groups in total. The van der Waals surface area contributed by atoms with Gasteiger partial charge in [0.2, 0.25) is 0 Å². The van der Waals surface area contributed by atoms with E-state index in [0.29, 0.717) is 23.8 Å². The van der Waals surface area contributed by atoms with Crippen LogP contribution in [0.2, 0.25) is 0 Å². The molecule has 24 heavy (non-hydrogen) atoms. The van der Waals surface area contributed by atoms with Crippen molar-refractivity contribution in [2.45, 2.75) is 6.54 Å². The Bertz CT molecular complexity index is 959. The quantitative estimate of drug-likeness (QED) is 0.614. The Balaban J connectivity index is 1.48. The number of carbonyl (C=O) groups excluding carboxylic acids is 1. The number of fused-ring (bicyclic) bond motifs is 1. The monoisotopic (exact) mass is 335 g/mol. The van der Waals surface area contributed by atoms with Crippen LogP contribution in [0.15, 0.2) is 65.2 Å². The van der Waals surface area contributed by atoms with Gasteiger partial charge in [-0.05, 0) is 36.4 Å². The van der Waals surface area contributed by atoms with Gasteiger partial charge in [-0.3, -0.25) is 9.78 Å². The zero-order valence-electron chi connectivity index (χ0n) is 12.6. The number of nitrogens with zero attached hydrogens (tertiary/aromatic N) is 2. The Hall–Kier alpha value is -2.99. The molecule has 3 aromatic heterocycles. The molecule has 0 aliphatic heterocycles. The summed E-state index contributed by atoms with van der Waals surface area (Å²) in [7, 11) is 0. The molecule has 0 saturated heterocycles. The number of furan rings is 1. The Kier molecular flexibility index (Phi) is 3.80. The molecule has 0 radical (unpaired) electrons. The second-order valence-corrected chi connectivity index (χ2v) is 6.18. The van der Waals surface area contributed by atoms with E-state index in [1.54, 1.807) is 35.7 Å². The second-order valence-electron chi connectivity index (χ2n) is 5.15. The van der Waals surface area contributed by atoms with Gasteiger partial charge in [0.05, 0.1) is 16.8 Å². The molecular formula is C18H13N3O2S. The number of pyridine rings is 1. The first kappa shape index (κ1) is 14.6. The smallest absolute Gasteiger partial charge is 0.270 e.